The van der Waals surface area contributed by atoms with Gasteiger partial charge in [0.2, 0.25) is 5.89 Å². The highest BCUT2D eigenvalue weighted by Crippen LogP contribution is 2.36. The average molecular weight is 412 g/mol. The molecule has 0 radical (unpaired) electrons. The summed E-state index contributed by atoms with van der Waals surface area (Å²) in [5, 5.41) is 20.2. The Morgan fingerprint density at radius 1 is 1.14 bits per heavy atom. The molecule has 0 N–H and O–H groups in total. The number of rotatable bonds is 7. The molecule has 0 aliphatic rings. The summed E-state index contributed by atoms with van der Waals surface area (Å²) < 4.78 is 8.05. The molecule has 6 nitrogen and oxygen atoms in total. The van der Waals surface area contributed by atoms with Crippen LogP contribution in [-0.4, -0.2) is 25.0 Å². The lowest BCUT2D eigenvalue weighted by molar-refractivity contribution is 0.509. The van der Waals surface area contributed by atoms with Gasteiger partial charge in [0.25, 0.3) is 5.89 Å². The van der Waals surface area contributed by atoms with Crippen molar-refractivity contribution < 1.29 is 4.42 Å². The monoisotopic (exact) mass is 411 g/mol. The van der Waals surface area contributed by atoms with Crippen LogP contribution in [0.25, 0.3) is 22.2 Å². The van der Waals surface area contributed by atoms with Gasteiger partial charge < -0.3 is 8.98 Å². The molecule has 0 aliphatic heterocycles. The molecule has 4 aromatic rings. The first kappa shape index (κ1) is 18.9. The average Bonchev–Trinajstić information content (AvgIpc) is 3.43. The number of nitrogens with zero attached hydrogens (tertiary/aromatic N) is 5. The highest BCUT2D eigenvalue weighted by molar-refractivity contribution is 7.99. The lowest BCUT2D eigenvalue weighted by Crippen LogP contribution is -2.03. The van der Waals surface area contributed by atoms with Gasteiger partial charge in [0, 0.05) is 12.1 Å². The third-order valence-corrected chi connectivity index (χ3v) is 6.17. The maximum Gasteiger partial charge on any atom is 0.257 e. The lowest BCUT2D eigenvalue weighted by atomic mass is 10.1. The van der Waals surface area contributed by atoms with E-state index in [-0.39, 0.29) is 5.25 Å². The minimum Gasteiger partial charge on any atom is -0.419 e. The zero-order valence-corrected chi connectivity index (χ0v) is 17.6. The molecule has 0 saturated carbocycles. The van der Waals surface area contributed by atoms with E-state index in [9.17, 15) is 0 Å². The Morgan fingerprint density at radius 3 is 2.79 bits per heavy atom. The number of aromatic nitrogens is 5. The van der Waals surface area contributed by atoms with Gasteiger partial charge in [-0.15, -0.1) is 31.7 Å². The second kappa shape index (κ2) is 8.28. The maximum absolute atomic E-state index is 5.88. The van der Waals surface area contributed by atoms with Crippen LogP contribution in [0.3, 0.4) is 0 Å². The van der Waals surface area contributed by atoms with Crippen LogP contribution in [0, 0.1) is 6.92 Å². The van der Waals surface area contributed by atoms with E-state index in [1.165, 1.54) is 5.56 Å². The summed E-state index contributed by atoms with van der Waals surface area (Å²) >= 11 is 3.18. The van der Waals surface area contributed by atoms with E-state index >= 15 is 0 Å². The number of benzene rings is 1. The summed E-state index contributed by atoms with van der Waals surface area (Å²) in [4.78, 5) is 0.979. The molecule has 0 aliphatic carbocycles. The SMILES string of the molecule is CCCn1c(SC(C)c2nnc(-c3cccs3)o2)nnc1-c1cccc(C)c1. The zero-order chi connectivity index (χ0) is 19.5. The van der Waals surface area contributed by atoms with E-state index in [1.54, 1.807) is 23.1 Å². The second-order valence-corrected chi connectivity index (χ2v) is 8.77. The fourth-order valence-electron chi connectivity index (χ4n) is 2.91. The molecule has 8 heteroatoms. The normalized spacial score (nSPS) is 12.4. The quantitative estimate of drug-likeness (QED) is 0.367. The molecule has 28 heavy (non-hydrogen) atoms. The van der Waals surface area contributed by atoms with Gasteiger partial charge in [0.1, 0.15) is 0 Å². The van der Waals surface area contributed by atoms with Crippen LogP contribution in [0.1, 0.15) is 37.0 Å². The van der Waals surface area contributed by atoms with E-state index in [0.717, 1.165) is 34.4 Å². The summed E-state index contributed by atoms with van der Waals surface area (Å²) in [5.74, 6) is 2.05. The molecule has 144 valence electrons. The number of thiophene rings is 1. The minimum atomic E-state index is -0.0219. The van der Waals surface area contributed by atoms with Crippen LogP contribution < -0.4 is 0 Å². The molecule has 1 unspecified atom stereocenters. The van der Waals surface area contributed by atoms with E-state index in [4.69, 9.17) is 4.42 Å². The van der Waals surface area contributed by atoms with Crippen LogP contribution in [0.4, 0.5) is 0 Å². The van der Waals surface area contributed by atoms with Gasteiger partial charge >= 0.3 is 0 Å². The predicted molar refractivity (Wildman–Crippen MR) is 112 cm³/mol. The largest absolute Gasteiger partial charge is 0.419 e. The highest BCUT2D eigenvalue weighted by atomic mass is 32.2. The third kappa shape index (κ3) is 3.88. The Kier molecular flexibility index (Phi) is 5.59. The summed E-state index contributed by atoms with van der Waals surface area (Å²) in [6.07, 6.45) is 1.00. The molecule has 0 amide bonds. The van der Waals surface area contributed by atoms with Crippen molar-refractivity contribution >= 4 is 23.1 Å². The van der Waals surface area contributed by atoms with Crippen LogP contribution in [0.15, 0.2) is 51.4 Å². The maximum atomic E-state index is 5.88. The summed E-state index contributed by atoms with van der Waals surface area (Å²) in [5.41, 5.74) is 2.29. The van der Waals surface area contributed by atoms with Gasteiger partial charge in [-0.05, 0) is 37.8 Å². The van der Waals surface area contributed by atoms with Crippen molar-refractivity contribution in [2.75, 3.05) is 0 Å². The minimum absolute atomic E-state index is 0.0219. The smallest absolute Gasteiger partial charge is 0.257 e. The Balaban J connectivity index is 1.59. The van der Waals surface area contributed by atoms with Gasteiger partial charge in [0.15, 0.2) is 11.0 Å². The van der Waals surface area contributed by atoms with Crippen LogP contribution in [0.5, 0.6) is 0 Å². The second-order valence-electron chi connectivity index (χ2n) is 6.51. The topological polar surface area (TPSA) is 69.6 Å². The molecule has 0 bridgehead atoms. The Hall–Kier alpha value is -2.45. The lowest BCUT2D eigenvalue weighted by Gasteiger charge is -2.11. The number of hydrogen-bond acceptors (Lipinski definition) is 7. The van der Waals surface area contributed by atoms with Gasteiger partial charge in [-0.25, -0.2) is 0 Å². The number of hydrogen-bond donors (Lipinski definition) is 0. The molecule has 0 saturated heterocycles. The van der Waals surface area contributed by atoms with E-state index in [2.05, 4.69) is 63.1 Å². The van der Waals surface area contributed by atoms with Crippen molar-refractivity contribution in [2.45, 2.75) is 44.1 Å². The highest BCUT2D eigenvalue weighted by Gasteiger charge is 2.21. The summed E-state index contributed by atoms with van der Waals surface area (Å²) in [7, 11) is 0. The molecule has 1 atom stereocenters. The van der Waals surface area contributed by atoms with Crippen molar-refractivity contribution in [2.24, 2.45) is 0 Å². The third-order valence-electron chi connectivity index (χ3n) is 4.24. The van der Waals surface area contributed by atoms with Crippen LogP contribution in [-0.2, 0) is 6.54 Å². The van der Waals surface area contributed by atoms with Crippen LogP contribution >= 0.6 is 23.1 Å². The predicted octanol–water partition coefficient (Wildman–Crippen LogP) is 5.63. The molecule has 0 fully saturated rings. The first-order valence-corrected chi connectivity index (χ1v) is 11.0. The molecule has 4 rings (SSSR count). The van der Waals surface area contributed by atoms with Crippen molar-refractivity contribution in [1.29, 1.82) is 0 Å². The van der Waals surface area contributed by atoms with Crippen molar-refractivity contribution in [3.05, 3.63) is 53.2 Å². The van der Waals surface area contributed by atoms with Gasteiger partial charge in [-0.1, -0.05) is 48.5 Å². The first-order valence-electron chi connectivity index (χ1n) is 9.20. The standard InChI is InChI=1S/C20H21N5OS2/c1-4-10-25-17(15-8-5-7-13(2)12-15)21-24-20(25)28-14(3)18-22-23-19(26-18)16-9-6-11-27-16/h5-9,11-12,14H,4,10H2,1-3H3. The molecular weight excluding hydrogens is 390 g/mol. The summed E-state index contributed by atoms with van der Waals surface area (Å²) in [6.45, 7) is 7.15. The molecular formula is C20H21N5OS2. The Labute approximate surface area is 172 Å². The fraction of sp³-hybridized carbons (Fsp3) is 0.300. The van der Waals surface area contributed by atoms with Gasteiger partial charge in [-0.3, -0.25) is 0 Å². The number of aryl methyl sites for hydroxylation is 1. The van der Waals surface area contributed by atoms with Gasteiger partial charge in [-0.2, -0.15) is 0 Å². The molecule has 1 aromatic carbocycles. The van der Waals surface area contributed by atoms with Crippen LogP contribution in [0.2, 0.25) is 0 Å². The summed E-state index contributed by atoms with van der Waals surface area (Å²) in [6, 6.07) is 12.3. The Bertz CT molecular complexity index is 1050. The van der Waals surface area contributed by atoms with Crippen molar-refractivity contribution in [3.8, 4) is 22.2 Å². The molecule has 3 aromatic heterocycles. The van der Waals surface area contributed by atoms with E-state index < -0.39 is 0 Å². The molecule has 3 heterocycles. The zero-order valence-electron chi connectivity index (χ0n) is 16.0. The van der Waals surface area contributed by atoms with Crippen molar-refractivity contribution in [1.82, 2.24) is 25.0 Å². The van der Waals surface area contributed by atoms with E-state index in [1.807, 2.05) is 24.4 Å². The van der Waals surface area contributed by atoms with Gasteiger partial charge in [0.05, 0.1) is 10.1 Å². The van der Waals surface area contributed by atoms with Crippen molar-refractivity contribution in [3.63, 3.8) is 0 Å². The molecule has 0 spiro atoms. The fourth-order valence-corrected chi connectivity index (χ4v) is 4.46. The number of thioether (sulfide) groups is 1. The first-order chi connectivity index (χ1) is 13.7. The Morgan fingerprint density at radius 2 is 2.04 bits per heavy atom. The van der Waals surface area contributed by atoms with E-state index in [0.29, 0.717) is 11.8 Å².